The monoisotopic (exact) mass is 349 g/mol. The summed E-state index contributed by atoms with van der Waals surface area (Å²) in [6.07, 6.45) is 3.04. The molecule has 0 radical (unpaired) electrons. The van der Waals surface area contributed by atoms with Crippen LogP contribution in [-0.2, 0) is 14.6 Å². The van der Waals surface area contributed by atoms with Crippen LogP contribution in [0.5, 0.6) is 0 Å². The van der Waals surface area contributed by atoms with Gasteiger partial charge in [-0.2, -0.15) is 0 Å². The summed E-state index contributed by atoms with van der Waals surface area (Å²) in [5.74, 6) is 1.13. The van der Waals surface area contributed by atoms with Crippen molar-refractivity contribution in [1.82, 2.24) is 4.90 Å². The summed E-state index contributed by atoms with van der Waals surface area (Å²) >= 11 is 0. The predicted octanol–water partition coefficient (Wildman–Crippen LogP) is 2.83. The maximum atomic E-state index is 12.4. The molecule has 0 bridgehead atoms. The lowest BCUT2D eigenvalue weighted by molar-refractivity contribution is -0.133. The Morgan fingerprint density at radius 3 is 2.25 bits per heavy atom. The first-order chi connectivity index (χ1) is 11.3. The Bertz CT molecular complexity index is 698. The van der Waals surface area contributed by atoms with E-state index in [1.165, 1.54) is 16.7 Å². The van der Waals surface area contributed by atoms with E-state index in [4.69, 9.17) is 0 Å². The number of hydrogen-bond donors (Lipinski definition) is 0. The van der Waals surface area contributed by atoms with Crippen LogP contribution < -0.4 is 0 Å². The normalized spacial score (nSPS) is 24.2. The number of aryl methyl sites for hydroxylation is 2. The molecule has 2 aliphatic rings. The molecule has 2 fully saturated rings. The number of carbonyl (C=O) groups excluding carboxylic acids is 1. The van der Waals surface area contributed by atoms with Crippen molar-refractivity contribution < 1.29 is 13.2 Å². The Kier molecular flexibility index (Phi) is 5.00. The van der Waals surface area contributed by atoms with Crippen LogP contribution in [0.1, 0.15) is 48.3 Å². The minimum absolute atomic E-state index is 0.0274. The topological polar surface area (TPSA) is 54.5 Å². The fraction of sp³-hybridized carbons (Fsp3) is 0.632. The molecule has 3 rings (SSSR count). The molecule has 2 heterocycles. The van der Waals surface area contributed by atoms with Crippen molar-refractivity contribution in [2.45, 2.75) is 45.4 Å². The van der Waals surface area contributed by atoms with Crippen molar-refractivity contribution in [2.24, 2.45) is 5.92 Å². The van der Waals surface area contributed by atoms with E-state index >= 15 is 0 Å². The quantitative estimate of drug-likeness (QED) is 0.843. The van der Waals surface area contributed by atoms with E-state index in [1.54, 1.807) is 0 Å². The number of nitrogens with zero attached hydrogens (tertiary/aromatic N) is 1. The van der Waals surface area contributed by atoms with Crippen molar-refractivity contribution in [3.8, 4) is 0 Å². The summed E-state index contributed by atoms with van der Waals surface area (Å²) in [5.41, 5.74) is 3.98. The molecule has 2 saturated heterocycles. The van der Waals surface area contributed by atoms with Gasteiger partial charge in [0.15, 0.2) is 9.84 Å². The minimum atomic E-state index is -2.90. The lowest BCUT2D eigenvalue weighted by Gasteiger charge is -2.33. The molecule has 0 N–H and O–H groups in total. The van der Waals surface area contributed by atoms with Crippen LogP contribution in [0.25, 0.3) is 0 Å². The van der Waals surface area contributed by atoms with Gasteiger partial charge in [-0.15, -0.1) is 0 Å². The van der Waals surface area contributed by atoms with Crippen LogP contribution in [-0.4, -0.2) is 43.8 Å². The lowest BCUT2D eigenvalue weighted by atomic mass is 9.87. The third kappa shape index (κ3) is 4.18. The Morgan fingerprint density at radius 2 is 1.71 bits per heavy atom. The van der Waals surface area contributed by atoms with Crippen molar-refractivity contribution in [3.05, 3.63) is 34.9 Å². The standard InChI is InChI=1S/C19H27NO3S/c1-14-9-15(2)11-18(10-14)17-3-6-20(7-4-17)19(21)12-16-5-8-24(22,23)13-16/h9-11,16-17H,3-8,12-13H2,1-2H3. The van der Waals surface area contributed by atoms with E-state index in [-0.39, 0.29) is 23.3 Å². The van der Waals surface area contributed by atoms with Crippen LogP contribution in [0.2, 0.25) is 0 Å². The molecule has 5 heteroatoms. The van der Waals surface area contributed by atoms with Gasteiger partial charge in [-0.25, -0.2) is 8.42 Å². The van der Waals surface area contributed by atoms with Gasteiger partial charge in [-0.3, -0.25) is 4.79 Å². The van der Waals surface area contributed by atoms with E-state index in [0.717, 1.165) is 25.9 Å². The molecular weight excluding hydrogens is 322 g/mol. The highest BCUT2D eigenvalue weighted by molar-refractivity contribution is 7.91. The molecule has 0 aromatic heterocycles. The first-order valence-electron chi connectivity index (χ1n) is 8.89. The van der Waals surface area contributed by atoms with Gasteiger partial charge in [0, 0.05) is 19.5 Å². The highest BCUT2D eigenvalue weighted by atomic mass is 32.2. The van der Waals surface area contributed by atoms with Crippen molar-refractivity contribution in [1.29, 1.82) is 0 Å². The SMILES string of the molecule is Cc1cc(C)cc(C2CCN(C(=O)CC3CCS(=O)(=O)C3)CC2)c1. The molecule has 2 aliphatic heterocycles. The molecule has 0 spiro atoms. The predicted molar refractivity (Wildman–Crippen MR) is 95.8 cm³/mol. The number of sulfone groups is 1. The highest BCUT2D eigenvalue weighted by Crippen LogP contribution is 2.30. The average molecular weight is 349 g/mol. The molecular formula is C19H27NO3S. The van der Waals surface area contributed by atoms with Gasteiger partial charge >= 0.3 is 0 Å². The summed E-state index contributed by atoms with van der Waals surface area (Å²) in [4.78, 5) is 14.4. The zero-order valence-electron chi connectivity index (χ0n) is 14.6. The van der Waals surface area contributed by atoms with Crippen LogP contribution in [0.4, 0.5) is 0 Å². The molecule has 1 unspecified atom stereocenters. The molecule has 1 amide bonds. The van der Waals surface area contributed by atoms with Crippen LogP contribution >= 0.6 is 0 Å². The minimum Gasteiger partial charge on any atom is -0.343 e. The van der Waals surface area contributed by atoms with E-state index in [1.807, 2.05) is 4.90 Å². The fourth-order valence-electron chi connectivity index (χ4n) is 4.12. The van der Waals surface area contributed by atoms with E-state index in [0.29, 0.717) is 18.8 Å². The van der Waals surface area contributed by atoms with Gasteiger partial charge in [0.05, 0.1) is 11.5 Å². The number of likely N-dealkylation sites (tertiary alicyclic amines) is 1. The third-order valence-corrected chi connectivity index (χ3v) is 7.19. The molecule has 1 atom stereocenters. The number of carbonyl (C=O) groups is 1. The summed E-state index contributed by atoms with van der Waals surface area (Å²) < 4.78 is 23.1. The van der Waals surface area contributed by atoms with Gasteiger partial charge in [-0.1, -0.05) is 29.3 Å². The second-order valence-electron chi connectivity index (χ2n) is 7.55. The zero-order valence-corrected chi connectivity index (χ0v) is 15.4. The fourth-order valence-corrected chi connectivity index (χ4v) is 5.98. The summed E-state index contributed by atoms with van der Waals surface area (Å²) in [6.45, 7) is 5.83. The highest BCUT2D eigenvalue weighted by Gasteiger charge is 2.31. The molecule has 132 valence electrons. The Balaban J connectivity index is 1.54. The van der Waals surface area contributed by atoms with Gasteiger partial charge < -0.3 is 4.90 Å². The van der Waals surface area contributed by atoms with Gasteiger partial charge in [-0.05, 0) is 50.5 Å². The summed E-state index contributed by atoms with van der Waals surface area (Å²) in [7, 11) is -2.90. The molecule has 1 aromatic carbocycles. The molecule has 0 aliphatic carbocycles. The molecule has 4 nitrogen and oxygen atoms in total. The number of hydrogen-bond acceptors (Lipinski definition) is 3. The van der Waals surface area contributed by atoms with Crippen molar-refractivity contribution in [3.63, 3.8) is 0 Å². The molecule has 1 aromatic rings. The van der Waals surface area contributed by atoms with E-state index in [2.05, 4.69) is 32.0 Å². The van der Waals surface area contributed by atoms with Crippen LogP contribution in [0, 0.1) is 19.8 Å². The summed E-state index contributed by atoms with van der Waals surface area (Å²) in [5, 5.41) is 0. The number of benzene rings is 1. The van der Waals surface area contributed by atoms with E-state index in [9.17, 15) is 13.2 Å². The van der Waals surface area contributed by atoms with Crippen molar-refractivity contribution in [2.75, 3.05) is 24.6 Å². The zero-order chi connectivity index (χ0) is 17.3. The van der Waals surface area contributed by atoms with Gasteiger partial charge in [0.2, 0.25) is 5.91 Å². The first kappa shape index (κ1) is 17.5. The first-order valence-corrected chi connectivity index (χ1v) is 10.7. The maximum Gasteiger partial charge on any atom is 0.222 e. The largest absolute Gasteiger partial charge is 0.343 e. The van der Waals surface area contributed by atoms with E-state index < -0.39 is 9.84 Å². The van der Waals surface area contributed by atoms with Crippen molar-refractivity contribution >= 4 is 15.7 Å². The number of piperidine rings is 1. The maximum absolute atomic E-state index is 12.4. The Labute approximate surface area is 145 Å². The van der Waals surface area contributed by atoms with Crippen LogP contribution in [0.15, 0.2) is 18.2 Å². The smallest absolute Gasteiger partial charge is 0.222 e. The number of rotatable bonds is 3. The second kappa shape index (κ2) is 6.87. The lowest BCUT2D eigenvalue weighted by Crippen LogP contribution is -2.38. The Hall–Kier alpha value is -1.36. The Morgan fingerprint density at radius 1 is 1.08 bits per heavy atom. The molecule has 0 saturated carbocycles. The van der Waals surface area contributed by atoms with Crippen LogP contribution in [0.3, 0.4) is 0 Å². The van der Waals surface area contributed by atoms with Gasteiger partial charge in [0.1, 0.15) is 0 Å². The number of amides is 1. The van der Waals surface area contributed by atoms with Gasteiger partial charge in [0.25, 0.3) is 0 Å². The second-order valence-corrected chi connectivity index (χ2v) is 9.78. The third-order valence-electron chi connectivity index (χ3n) is 5.35. The summed E-state index contributed by atoms with van der Waals surface area (Å²) in [6, 6.07) is 6.72. The average Bonchev–Trinajstić information content (AvgIpc) is 2.85. The molecule has 24 heavy (non-hydrogen) atoms.